The Morgan fingerprint density at radius 1 is 1.28 bits per heavy atom. The van der Waals surface area contributed by atoms with Crippen molar-refractivity contribution in [1.29, 1.82) is 0 Å². The first kappa shape index (κ1) is 19.6. The van der Waals surface area contributed by atoms with Gasteiger partial charge in [-0.25, -0.2) is 0 Å². The normalized spacial score (nSPS) is 46.7. The maximum absolute atomic E-state index is 12.7. The minimum absolute atomic E-state index is 0.0332. The fourth-order valence-corrected chi connectivity index (χ4v) is 20.6. The van der Waals surface area contributed by atoms with Crippen molar-refractivity contribution in [3.63, 3.8) is 0 Å². The highest BCUT2D eigenvalue weighted by Crippen LogP contribution is 2.64. The van der Waals surface area contributed by atoms with E-state index in [4.69, 9.17) is 26.3 Å². The van der Waals surface area contributed by atoms with E-state index in [-0.39, 0.29) is 25.1 Å². The summed E-state index contributed by atoms with van der Waals surface area (Å²) in [5.41, 5.74) is 0. The van der Waals surface area contributed by atoms with Gasteiger partial charge in [0.15, 0.2) is 0 Å². The predicted octanol–water partition coefficient (Wildman–Crippen LogP) is 0.561. The van der Waals surface area contributed by atoms with Crippen molar-refractivity contribution >= 4 is 42.4 Å². The van der Waals surface area contributed by atoms with Gasteiger partial charge in [-0.3, -0.25) is 4.79 Å². The van der Waals surface area contributed by atoms with Crippen molar-refractivity contribution in [1.82, 2.24) is 0 Å². The van der Waals surface area contributed by atoms with Gasteiger partial charge >= 0.3 is 14.5 Å². The first-order valence-electron chi connectivity index (χ1n) is 8.93. The van der Waals surface area contributed by atoms with E-state index >= 15 is 0 Å². The fraction of sp³-hybridized carbons (Fsp3) is 0.786. The second-order valence-electron chi connectivity index (χ2n) is 7.20. The van der Waals surface area contributed by atoms with Gasteiger partial charge < -0.3 is 26.3 Å². The lowest BCUT2D eigenvalue weighted by atomic mass is 9.92. The second kappa shape index (κ2) is 7.48. The molecule has 142 valence electrons. The zero-order valence-corrected chi connectivity index (χ0v) is 19.7. The number of allylic oxidation sites excluding steroid dienone is 2. The van der Waals surface area contributed by atoms with Crippen LogP contribution in [0.25, 0.3) is 0 Å². The van der Waals surface area contributed by atoms with E-state index in [1.807, 2.05) is 19.6 Å². The summed E-state index contributed by atoms with van der Waals surface area (Å²) in [6, 6.07) is 0. The van der Waals surface area contributed by atoms with Gasteiger partial charge in [-0.05, 0) is 44.9 Å². The number of aliphatic hydroxyl groups is 1. The molecule has 5 atom stereocenters. The van der Waals surface area contributed by atoms with Gasteiger partial charge in [-0.2, -0.15) is 0 Å². The highest BCUT2D eigenvalue weighted by molar-refractivity contribution is 6.83. The lowest BCUT2D eigenvalue weighted by Crippen LogP contribution is -2.60. The molecule has 2 aliphatic carbocycles. The van der Waals surface area contributed by atoms with Crippen LogP contribution >= 0.6 is 0 Å². The molecule has 7 nitrogen and oxygen atoms in total. The summed E-state index contributed by atoms with van der Waals surface area (Å²) < 4.78 is 30.4. The second-order valence-corrected chi connectivity index (χ2v) is 17.5. The largest absolute Gasteiger partial charge is 0.463 e. The number of carbonyl (C=O) groups is 1. The third kappa shape index (κ3) is 3.66. The summed E-state index contributed by atoms with van der Waals surface area (Å²) in [5.74, 6) is -0.169. The van der Waals surface area contributed by atoms with Crippen LogP contribution < -0.4 is 0 Å². The van der Waals surface area contributed by atoms with Gasteiger partial charge in [0.1, 0.15) is 6.61 Å². The first-order valence-corrected chi connectivity index (χ1v) is 17.5. The fourth-order valence-electron chi connectivity index (χ4n) is 4.53. The topological polar surface area (TPSA) is 83.5 Å². The molecule has 0 aromatic carbocycles. The number of hydrogen-bond donors (Lipinski definition) is 1. The van der Waals surface area contributed by atoms with Crippen molar-refractivity contribution in [3.05, 3.63) is 12.2 Å². The third-order valence-electron chi connectivity index (χ3n) is 5.44. The molecule has 3 rings (SSSR count). The van der Waals surface area contributed by atoms with Crippen LogP contribution in [-0.2, 0) is 26.0 Å². The molecule has 0 aromatic rings. The lowest BCUT2D eigenvalue weighted by molar-refractivity contribution is -0.150. The van der Waals surface area contributed by atoms with Gasteiger partial charge in [-0.1, -0.05) is 12.2 Å². The maximum atomic E-state index is 12.7. The Bertz CT molecular complexity index is 533. The third-order valence-corrected chi connectivity index (χ3v) is 20.2. The molecule has 1 saturated heterocycles. The summed E-state index contributed by atoms with van der Waals surface area (Å²) in [5, 5.41) is 8.54. The van der Waals surface area contributed by atoms with Gasteiger partial charge in [0.25, 0.3) is 27.9 Å². The molecular weight excluding hydrogens is 392 g/mol. The standard InChI is InChI=1S/C14H28O7Si4/c1-22-18-23(2)20-25(4,21-24(3)19-22)14-6-5-11(10-14)9-12(14)13(16)17-8-7-15/h5-6,11-12,15,22-24H,7-10H2,1-4H3. The van der Waals surface area contributed by atoms with Crippen LogP contribution in [0.4, 0.5) is 0 Å². The number of rotatable bonds is 4. The molecule has 0 spiro atoms. The Morgan fingerprint density at radius 2 is 1.92 bits per heavy atom. The minimum Gasteiger partial charge on any atom is -0.463 e. The Labute approximate surface area is 155 Å². The molecule has 25 heavy (non-hydrogen) atoms. The Hall–Kier alpha value is -0.122. The van der Waals surface area contributed by atoms with Crippen LogP contribution in [0, 0.1) is 11.8 Å². The molecule has 0 aromatic heterocycles. The SMILES string of the molecule is C[SiH]1O[SiH](C)O[Si](C)(C23C=CC(CC2C(=O)OCCO)C3)O[SiH](C)O1. The van der Waals surface area contributed by atoms with Crippen molar-refractivity contribution in [2.45, 2.75) is 44.1 Å². The van der Waals surface area contributed by atoms with E-state index in [0.717, 1.165) is 12.8 Å². The highest BCUT2D eigenvalue weighted by atomic mass is 28.5. The van der Waals surface area contributed by atoms with Crippen LogP contribution in [0.5, 0.6) is 0 Å². The number of carbonyl (C=O) groups excluding carboxylic acids is 1. The van der Waals surface area contributed by atoms with Gasteiger partial charge in [-0.15, -0.1) is 0 Å². The monoisotopic (exact) mass is 420 g/mol. The molecule has 0 amide bonds. The van der Waals surface area contributed by atoms with E-state index in [2.05, 4.69) is 18.7 Å². The zero-order chi connectivity index (χ0) is 18.2. The molecule has 5 unspecified atom stereocenters. The molecule has 2 fully saturated rings. The Kier molecular flexibility index (Phi) is 5.87. The lowest BCUT2D eigenvalue weighted by Gasteiger charge is -2.47. The molecule has 3 aliphatic rings. The maximum Gasteiger partial charge on any atom is 0.328 e. The molecule has 1 aliphatic heterocycles. The molecule has 1 heterocycles. The average Bonchev–Trinajstić information content (AvgIpc) is 3.10. The number of hydrogen-bond acceptors (Lipinski definition) is 7. The number of aliphatic hydroxyl groups excluding tert-OH is 1. The van der Waals surface area contributed by atoms with Gasteiger partial charge in [0.2, 0.25) is 0 Å². The van der Waals surface area contributed by atoms with Crippen LogP contribution in [0.3, 0.4) is 0 Å². The van der Waals surface area contributed by atoms with Crippen molar-refractivity contribution < 1.29 is 31.1 Å². The minimum atomic E-state index is -2.77. The molecule has 1 saturated carbocycles. The predicted molar refractivity (Wildman–Crippen MR) is 101 cm³/mol. The van der Waals surface area contributed by atoms with Crippen molar-refractivity contribution in [3.8, 4) is 0 Å². The highest BCUT2D eigenvalue weighted by Gasteiger charge is 2.66. The van der Waals surface area contributed by atoms with E-state index < -0.39 is 41.5 Å². The van der Waals surface area contributed by atoms with Crippen LogP contribution in [0.2, 0.25) is 31.2 Å². The number of fused-ring (bicyclic) bond motifs is 2. The van der Waals surface area contributed by atoms with Crippen LogP contribution in [0.15, 0.2) is 12.2 Å². The summed E-state index contributed by atoms with van der Waals surface area (Å²) >= 11 is 0. The van der Waals surface area contributed by atoms with Gasteiger partial charge in [0, 0.05) is 5.04 Å². The summed E-state index contributed by atoms with van der Waals surface area (Å²) in [6.07, 6.45) is 5.96. The Balaban J connectivity index is 1.89. The van der Waals surface area contributed by atoms with Crippen molar-refractivity contribution in [2.24, 2.45) is 11.8 Å². The number of ether oxygens (including phenoxy) is 1. The average molecular weight is 421 g/mol. The molecule has 11 heteroatoms. The summed E-state index contributed by atoms with van der Waals surface area (Å²) in [6.45, 7) is 7.97. The van der Waals surface area contributed by atoms with Crippen LogP contribution in [-0.4, -0.2) is 60.7 Å². The number of esters is 1. The summed E-state index contributed by atoms with van der Waals surface area (Å²) in [4.78, 5) is 12.7. The molecule has 0 radical (unpaired) electrons. The van der Waals surface area contributed by atoms with Gasteiger partial charge in [0.05, 0.1) is 12.5 Å². The smallest absolute Gasteiger partial charge is 0.328 e. The molecule has 2 bridgehead atoms. The van der Waals surface area contributed by atoms with E-state index in [0.29, 0.717) is 5.92 Å². The Morgan fingerprint density at radius 3 is 2.48 bits per heavy atom. The molecular formula is C14H28O7Si4. The van der Waals surface area contributed by atoms with E-state index in [9.17, 15) is 4.79 Å². The van der Waals surface area contributed by atoms with Crippen LogP contribution in [0.1, 0.15) is 12.8 Å². The molecule has 1 N–H and O–H groups in total. The van der Waals surface area contributed by atoms with Crippen molar-refractivity contribution in [2.75, 3.05) is 13.2 Å². The summed E-state index contributed by atoms with van der Waals surface area (Å²) in [7, 11) is -8.23. The quantitative estimate of drug-likeness (QED) is 0.404. The zero-order valence-electron chi connectivity index (χ0n) is 15.3. The van der Waals surface area contributed by atoms with E-state index in [1.54, 1.807) is 0 Å². The first-order chi connectivity index (χ1) is 11.8. The van der Waals surface area contributed by atoms with E-state index in [1.165, 1.54) is 0 Å².